The number of hydrogen-bond donors (Lipinski definition) is 0. The van der Waals surface area contributed by atoms with Crippen LogP contribution in [0.1, 0.15) is 82.1 Å². The molecule has 5 fully saturated rings. The summed E-state index contributed by atoms with van der Waals surface area (Å²) in [7, 11) is -0.283. The van der Waals surface area contributed by atoms with Crippen LogP contribution in [0, 0.1) is 29.1 Å². The minimum atomic E-state index is -0.483. The van der Waals surface area contributed by atoms with Gasteiger partial charge in [0.1, 0.15) is 5.60 Å². The molecular formula is C24H42BNO4. The Bertz CT molecular complexity index is 703. The average molecular weight is 419 g/mol. The summed E-state index contributed by atoms with van der Waals surface area (Å²) < 4.78 is 18.9. The molecule has 2 aliphatic heterocycles. The molecule has 2 heterocycles. The lowest BCUT2D eigenvalue weighted by Crippen LogP contribution is -2.68. The van der Waals surface area contributed by atoms with Gasteiger partial charge >= 0.3 is 13.2 Å². The molecule has 170 valence electrons. The molecule has 0 spiro atoms. The largest absolute Gasteiger partial charge is 0.468 e. The fourth-order valence-corrected chi connectivity index (χ4v) is 6.66. The standard InChI is InChI=1S/C24H42BNO4/c1-15-17-11-16(21(17,5)6)12-18(15)24(25-29-22(7,8)23(9,10)30-25)13-26(14-24)19(27)28-20(2,3)4/h15-18H,11-14H2,1-10H3/t15-,16+,17-,18-/m0/s1. The third-order valence-electron chi connectivity index (χ3n) is 9.44. The van der Waals surface area contributed by atoms with Crippen molar-refractivity contribution in [2.75, 3.05) is 13.1 Å². The topological polar surface area (TPSA) is 48.0 Å². The Morgan fingerprint density at radius 1 is 0.967 bits per heavy atom. The van der Waals surface area contributed by atoms with Crippen molar-refractivity contribution < 1.29 is 18.8 Å². The second-order valence-corrected chi connectivity index (χ2v) is 13.2. The second-order valence-electron chi connectivity index (χ2n) is 13.2. The van der Waals surface area contributed by atoms with Gasteiger partial charge < -0.3 is 18.9 Å². The van der Waals surface area contributed by atoms with Crippen LogP contribution in [0.5, 0.6) is 0 Å². The molecule has 30 heavy (non-hydrogen) atoms. The SMILES string of the molecule is C[C@@H]1[C@@H](C2(B3OC(C)(C)C(C)(C)O3)CN(C(=O)OC(C)(C)C)C2)C[C@H]2C[C@@H]1C2(C)C. The first kappa shape index (κ1) is 22.4. The fourth-order valence-electron chi connectivity index (χ4n) is 6.66. The number of ether oxygens (including phenoxy) is 1. The van der Waals surface area contributed by atoms with E-state index in [1.165, 1.54) is 12.8 Å². The number of likely N-dealkylation sites (tertiary alicyclic amines) is 1. The molecule has 1 amide bonds. The molecule has 2 bridgehead atoms. The normalized spacial score (nSPS) is 37.9. The molecule has 3 aliphatic carbocycles. The number of carbonyl (C=O) groups excluding carboxylic acids is 1. The van der Waals surface area contributed by atoms with Crippen molar-refractivity contribution >= 4 is 13.2 Å². The van der Waals surface area contributed by atoms with Gasteiger partial charge in [0.2, 0.25) is 0 Å². The highest BCUT2D eigenvalue weighted by Gasteiger charge is 2.71. The minimum Gasteiger partial charge on any atom is -0.444 e. The van der Waals surface area contributed by atoms with E-state index in [-0.39, 0.29) is 29.7 Å². The van der Waals surface area contributed by atoms with Gasteiger partial charge in [-0.05, 0) is 90.4 Å². The van der Waals surface area contributed by atoms with E-state index in [2.05, 4.69) is 48.5 Å². The predicted molar refractivity (Wildman–Crippen MR) is 119 cm³/mol. The van der Waals surface area contributed by atoms with Crippen molar-refractivity contribution in [1.29, 1.82) is 0 Å². The highest BCUT2D eigenvalue weighted by molar-refractivity contribution is 6.50. The predicted octanol–water partition coefficient (Wildman–Crippen LogP) is 5.39. The minimum absolute atomic E-state index is 0.158. The molecule has 0 unspecified atom stereocenters. The van der Waals surface area contributed by atoms with Gasteiger partial charge in [0.15, 0.2) is 0 Å². The summed E-state index contributed by atoms with van der Waals surface area (Å²) in [4.78, 5) is 14.6. The van der Waals surface area contributed by atoms with Crippen LogP contribution in [0.25, 0.3) is 0 Å². The van der Waals surface area contributed by atoms with Gasteiger partial charge in [-0.1, -0.05) is 20.8 Å². The summed E-state index contributed by atoms with van der Waals surface area (Å²) >= 11 is 0. The van der Waals surface area contributed by atoms with E-state index in [1.807, 2.05) is 25.7 Å². The maximum absolute atomic E-state index is 12.8. The molecule has 6 heteroatoms. The quantitative estimate of drug-likeness (QED) is 0.564. The van der Waals surface area contributed by atoms with E-state index in [9.17, 15) is 4.79 Å². The van der Waals surface area contributed by atoms with Crippen molar-refractivity contribution in [2.24, 2.45) is 29.1 Å². The molecule has 2 saturated heterocycles. The second kappa shape index (κ2) is 6.40. The Morgan fingerprint density at radius 2 is 1.47 bits per heavy atom. The summed E-state index contributed by atoms with van der Waals surface area (Å²) in [6.45, 7) is 22.9. The maximum Gasteiger partial charge on any atom is 0.468 e. The van der Waals surface area contributed by atoms with Crippen LogP contribution >= 0.6 is 0 Å². The Kier molecular flexibility index (Phi) is 4.79. The van der Waals surface area contributed by atoms with Crippen LogP contribution in [0.3, 0.4) is 0 Å². The molecule has 0 aromatic carbocycles. The number of fused-ring (bicyclic) bond motifs is 2. The monoisotopic (exact) mass is 419 g/mol. The highest BCUT2D eigenvalue weighted by Crippen LogP contribution is 2.69. The van der Waals surface area contributed by atoms with Gasteiger partial charge in [0, 0.05) is 18.4 Å². The first-order chi connectivity index (χ1) is 13.5. The Hall–Kier alpha value is -0.745. The Balaban J connectivity index is 1.60. The van der Waals surface area contributed by atoms with Crippen molar-refractivity contribution in [3.63, 3.8) is 0 Å². The third kappa shape index (κ3) is 3.15. The molecule has 0 N–H and O–H groups in total. The van der Waals surface area contributed by atoms with Gasteiger partial charge in [-0.25, -0.2) is 4.79 Å². The summed E-state index contributed by atoms with van der Waals surface area (Å²) in [5.74, 6) is 2.61. The van der Waals surface area contributed by atoms with Gasteiger partial charge in [-0.3, -0.25) is 0 Å². The van der Waals surface area contributed by atoms with Crippen molar-refractivity contribution in [2.45, 2.75) is 104 Å². The molecule has 3 saturated carbocycles. The van der Waals surface area contributed by atoms with Crippen LogP contribution in [0.2, 0.25) is 5.31 Å². The van der Waals surface area contributed by atoms with Crippen LogP contribution in [-0.4, -0.2) is 48.0 Å². The van der Waals surface area contributed by atoms with Gasteiger partial charge in [-0.2, -0.15) is 0 Å². The summed E-state index contributed by atoms with van der Waals surface area (Å²) in [6, 6.07) is 0. The smallest absolute Gasteiger partial charge is 0.444 e. The molecule has 0 aromatic rings. The summed E-state index contributed by atoms with van der Waals surface area (Å²) in [6.07, 6.45) is 2.33. The van der Waals surface area contributed by atoms with Gasteiger partial charge in [0.25, 0.3) is 0 Å². The number of rotatable bonds is 2. The van der Waals surface area contributed by atoms with Gasteiger partial charge in [0.05, 0.1) is 11.2 Å². The Labute approximate surface area is 183 Å². The van der Waals surface area contributed by atoms with Crippen LogP contribution in [0.15, 0.2) is 0 Å². The van der Waals surface area contributed by atoms with E-state index in [4.69, 9.17) is 14.0 Å². The van der Waals surface area contributed by atoms with Crippen LogP contribution < -0.4 is 0 Å². The van der Waals surface area contributed by atoms with Crippen molar-refractivity contribution in [1.82, 2.24) is 4.90 Å². The lowest BCUT2D eigenvalue weighted by atomic mass is 9.35. The zero-order valence-electron chi connectivity index (χ0n) is 20.8. The van der Waals surface area contributed by atoms with Crippen LogP contribution in [0.4, 0.5) is 4.79 Å². The number of carbonyl (C=O) groups is 1. The molecular weight excluding hydrogens is 377 g/mol. The zero-order valence-corrected chi connectivity index (χ0v) is 20.8. The molecule has 0 aromatic heterocycles. The zero-order chi connectivity index (χ0) is 22.5. The first-order valence-electron chi connectivity index (χ1n) is 11.8. The molecule has 5 rings (SSSR count). The summed E-state index contributed by atoms with van der Waals surface area (Å²) in [5, 5.41) is -0.158. The maximum atomic E-state index is 12.8. The fraction of sp³-hybridized carbons (Fsp3) is 0.958. The van der Waals surface area contributed by atoms with E-state index in [0.29, 0.717) is 30.3 Å². The van der Waals surface area contributed by atoms with E-state index >= 15 is 0 Å². The lowest BCUT2D eigenvalue weighted by Gasteiger charge is -2.67. The molecule has 5 nitrogen and oxygen atoms in total. The first-order valence-corrected chi connectivity index (χ1v) is 11.8. The van der Waals surface area contributed by atoms with E-state index < -0.39 is 5.60 Å². The number of nitrogens with zero attached hydrogens (tertiary/aromatic N) is 1. The van der Waals surface area contributed by atoms with Crippen molar-refractivity contribution in [3.8, 4) is 0 Å². The van der Waals surface area contributed by atoms with Crippen LogP contribution in [-0.2, 0) is 14.0 Å². The average Bonchev–Trinajstić information content (AvgIpc) is 2.73. The third-order valence-corrected chi connectivity index (χ3v) is 9.44. The molecule has 0 radical (unpaired) electrons. The van der Waals surface area contributed by atoms with Gasteiger partial charge in [-0.15, -0.1) is 0 Å². The number of hydrogen-bond acceptors (Lipinski definition) is 4. The van der Waals surface area contributed by atoms with E-state index in [1.54, 1.807) is 0 Å². The van der Waals surface area contributed by atoms with Crippen molar-refractivity contribution in [3.05, 3.63) is 0 Å². The molecule has 4 atom stereocenters. The molecule has 5 aliphatic rings. The highest BCUT2D eigenvalue weighted by atomic mass is 16.7. The number of amides is 1. The lowest BCUT2D eigenvalue weighted by molar-refractivity contribution is -0.153. The Morgan fingerprint density at radius 3 is 1.90 bits per heavy atom. The summed E-state index contributed by atoms with van der Waals surface area (Å²) in [5.41, 5.74) is -0.778. The van der Waals surface area contributed by atoms with E-state index in [0.717, 1.165) is 11.8 Å².